The molecule has 2 unspecified atom stereocenters. The fraction of sp³-hybridized carbons (Fsp3) is 0.889. The smallest absolute Gasteiger partial charge is 0.0638 e. The normalized spacial score (nSPS) is 31.4. The Morgan fingerprint density at radius 3 is 3.00 bits per heavy atom. The predicted molar refractivity (Wildman–Crippen MR) is 48.7 cm³/mol. The van der Waals surface area contributed by atoms with Gasteiger partial charge in [0.15, 0.2) is 0 Å². The van der Waals surface area contributed by atoms with Crippen LogP contribution in [0.4, 0.5) is 0 Å². The summed E-state index contributed by atoms with van der Waals surface area (Å²) in [5, 5.41) is 11.9. The molecule has 0 spiro atoms. The van der Waals surface area contributed by atoms with Crippen LogP contribution in [0.1, 0.15) is 20.3 Å². The first-order valence-corrected chi connectivity index (χ1v) is 4.62. The lowest BCUT2D eigenvalue weighted by Crippen LogP contribution is -2.55. The van der Waals surface area contributed by atoms with Gasteiger partial charge in [0.25, 0.3) is 0 Å². The molecule has 1 rings (SSSR count). The van der Waals surface area contributed by atoms with Crippen molar-refractivity contribution in [2.24, 2.45) is 0 Å². The fourth-order valence-corrected chi connectivity index (χ4v) is 1.68. The molecule has 0 aromatic carbocycles. The van der Waals surface area contributed by atoms with E-state index >= 15 is 0 Å². The third-order valence-electron chi connectivity index (χ3n) is 2.52. The minimum absolute atomic E-state index is 0.381. The molecule has 2 atom stereocenters. The second-order valence-corrected chi connectivity index (χ2v) is 3.40. The van der Waals surface area contributed by atoms with Crippen LogP contribution in [0.5, 0.6) is 0 Å². The van der Waals surface area contributed by atoms with E-state index in [1.807, 2.05) is 0 Å². The minimum Gasteiger partial charge on any atom is -0.310 e. The van der Waals surface area contributed by atoms with Crippen LogP contribution >= 0.6 is 0 Å². The summed E-state index contributed by atoms with van der Waals surface area (Å²) < 4.78 is 0. The van der Waals surface area contributed by atoms with Crippen LogP contribution < -0.4 is 5.32 Å². The fourth-order valence-electron chi connectivity index (χ4n) is 1.68. The quantitative estimate of drug-likeness (QED) is 0.654. The molecule has 1 aliphatic rings. The van der Waals surface area contributed by atoms with Gasteiger partial charge in [-0.15, -0.1) is 0 Å². The van der Waals surface area contributed by atoms with E-state index < -0.39 is 0 Å². The highest BCUT2D eigenvalue weighted by Gasteiger charge is 2.22. The number of likely N-dealkylation sites (N-methyl/N-ethyl adjacent to an activating group) is 1. The van der Waals surface area contributed by atoms with Crippen LogP contribution in [0, 0.1) is 11.3 Å². The first-order chi connectivity index (χ1) is 5.77. The maximum atomic E-state index is 8.53. The second-order valence-electron chi connectivity index (χ2n) is 3.40. The van der Waals surface area contributed by atoms with Crippen molar-refractivity contribution in [2.45, 2.75) is 32.4 Å². The maximum absolute atomic E-state index is 8.53. The first kappa shape index (κ1) is 9.50. The molecule has 1 fully saturated rings. The number of hydrogen-bond donors (Lipinski definition) is 1. The molecule has 0 aromatic heterocycles. The largest absolute Gasteiger partial charge is 0.310 e. The molecule has 0 radical (unpaired) electrons. The van der Waals surface area contributed by atoms with Crippen molar-refractivity contribution in [3.63, 3.8) is 0 Å². The number of nitrogens with zero attached hydrogens (tertiary/aromatic N) is 2. The molecule has 12 heavy (non-hydrogen) atoms. The number of hydrogen-bond acceptors (Lipinski definition) is 3. The second kappa shape index (κ2) is 4.44. The summed E-state index contributed by atoms with van der Waals surface area (Å²) >= 11 is 0. The highest BCUT2D eigenvalue weighted by molar-refractivity contribution is 4.88. The van der Waals surface area contributed by atoms with Gasteiger partial charge in [-0.1, -0.05) is 6.92 Å². The average molecular weight is 167 g/mol. The van der Waals surface area contributed by atoms with Crippen LogP contribution in [0.25, 0.3) is 0 Å². The summed E-state index contributed by atoms with van der Waals surface area (Å²) in [5.41, 5.74) is 0. The molecule has 0 bridgehead atoms. The summed E-state index contributed by atoms with van der Waals surface area (Å²) in [4.78, 5) is 2.42. The zero-order valence-corrected chi connectivity index (χ0v) is 7.88. The summed E-state index contributed by atoms with van der Waals surface area (Å²) in [6, 6.07) is 3.20. The lowest BCUT2D eigenvalue weighted by atomic mass is 10.1. The monoisotopic (exact) mass is 167 g/mol. The molecule has 0 aliphatic carbocycles. The average Bonchev–Trinajstić information content (AvgIpc) is 2.09. The zero-order chi connectivity index (χ0) is 8.97. The molecule has 3 nitrogen and oxygen atoms in total. The van der Waals surface area contributed by atoms with E-state index in [0.717, 1.165) is 19.6 Å². The molecule has 68 valence electrons. The predicted octanol–water partition coefficient (Wildman–Crippen LogP) is 0.582. The molecule has 0 aromatic rings. The number of nitriles is 1. The van der Waals surface area contributed by atoms with Crippen molar-refractivity contribution < 1.29 is 0 Å². The molecule has 0 saturated carbocycles. The number of rotatable bonds is 2. The van der Waals surface area contributed by atoms with Crippen LogP contribution in [-0.2, 0) is 0 Å². The van der Waals surface area contributed by atoms with Crippen molar-refractivity contribution in [1.29, 1.82) is 5.26 Å². The van der Waals surface area contributed by atoms with Crippen molar-refractivity contribution in [3.05, 3.63) is 0 Å². The highest BCUT2D eigenvalue weighted by Crippen LogP contribution is 2.07. The van der Waals surface area contributed by atoms with E-state index in [1.165, 1.54) is 0 Å². The van der Waals surface area contributed by atoms with E-state index in [1.54, 1.807) is 0 Å². The first-order valence-electron chi connectivity index (χ1n) is 4.62. The molecular weight excluding hydrogens is 150 g/mol. The topological polar surface area (TPSA) is 39.1 Å². The Labute approximate surface area is 74.4 Å². The van der Waals surface area contributed by atoms with E-state index in [-0.39, 0.29) is 0 Å². The summed E-state index contributed by atoms with van der Waals surface area (Å²) in [5.74, 6) is 0. The van der Waals surface area contributed by atoms with Crippen molar-refractivity contribution in [3.8, 4) is 6.07 Å². The third-order valence-corrected chi connectivity index (χ3v) is 2.52. The Hall–Kier alpha value is -0.590. The van der Waals surface area contributed by atoms with Crippen molar-refractivity contribution in [2.75, 3.05) is 19.6 Å². The van der Waals surface area contributed by atoms with Crippen LogP contribution in [0.2, 0.25) is 0 Å². The number of nitrogens with one attached hydrogen (secondary N) is 1. The lowest BCUT2D eigenvalue weighted by Gasteiger charge is -2.37. The molecule has 1 saturated heterocycles. The van der Waals surface area contributed by atoms with Gasteiger partial charge in [0.05, 0.1) is 12.5 Å². The number of piperazine rings is 1. The molecule has 1 heterocycles. The molecule has 0 amide bonds. The van der Waals surface area contributed by atoms with E-state index in [2.05, 4.69) is 30.1 Å². The maximum Gasteiger partial charge on any atom is 0.0638 e. The molecule has 1 N–H and O–H groups in total. The zero-order valence-electron chi connectivity index (χ0n) is 7.88. The Balaban J connectivity index is 2.39. The van der Waals surface area contributed by atoms with Gasteiger partial charge < -0.3 is 5.32 Å². The Morgan fingerprint density at radius 1 is 1.67 bits per heavy atom. The lowest BCUT2D eigenvalue weighted by molar-refractivity contribution is 0.149. The van der Waals surface area contributed by atoms with Crippen LogP contribution in [-0.4, -0.2) is 36.6 Å². The Kier molecular flexibility index (Phi) is 3.51. The summed E-state index contributed by atoms with van der Waals surface area (Å²) in [7, 11) is 0. The highest BCUT2D eigenvalue weighted by atomic mass is 15.2. The third kappa shape index (κ3) is 2.20. The van der Waals surface area contributed by atoms with Gasteiger partial charge in [-0.05, 0) is 13.5 Å². The van der Waals surface area contributed by atoms with Gasteiger partial charge in [-0.3, -0.25) is 4.90 Å². The SMILES string of the molecule is CCN1CC(CC#N)NCC1C. The van der Waals surface area contributed by atoms with E-state index in [4.69, 9.17) is 5.26 Å². The standard InChI is InChI=1S/C9H17N3/c1-3-12-7-9(4-5-10)11-6-8(12)2/h8-9,11H,3-4,6-7H2,1-2H3. The molecule has 1 aliphatic heterocycles. The van der Waals surface area contributed by atoms with Crippen molar-refractivity contribution >= 4 is 0 Å². The summed E-state index contributed by atoms with van der Waals surface area (Å²) in [6.45, 7) is 7.51. The van der Waals surface area contributed by atoms with Gasteiger partial charge in [0, 0.05) is 25.2 Å². The molecular formula is C9H17N3. The van der Waals surface area contributed by atoms with Gasteiger partial charge in [-0.25, -0.2) is 0 Å². The van der Waals surface area contributed by atoms with E-state index in [0.29, 0.717) is 18.5 Å². The Morgan fingerprint density at radius 2 is 2.42 bits per heavy atom. The van der Waals surface area contributed by atoms with E-state index in [9.17, 15) is 0 Å². The van der Waals surface area contributed by atoms with Crippen molar-refractivity contribution in [1.82, 2.24) is 10.2 Å². The summed E-state index contributed by atoms with van der Waals surface area (Å²) in [6.07, 6.45) is 0.628. The van der Waals surface area contributed by atoms with Gasteiger partial charge in [-0.2, -0.15) is 5.26 Å². The van der Waals surface area contributed by atoms with Gasteiger partial charge >= 0.3 is 0 Å². The van der Waals surface area contributed by atoms with Gasteiger partial charge in [0.2, 0.25) is 0 Å². The van der Waals surface area contributed by atoms with Crippen LogP contribution in [0.15, 0.2) is 0 Å². The van der Waals surface area contributed by atoms with Crippen LogP contribution in [0.3, 0.4) is 0 Å². The minimum atomic E-state index is 0.381. The molecule has 3 heteroatoms. The Bertz CT molecular complexity index is 173. The van der Waals surface area contributed by atoms with Gasteiger partial charge in [0.1, 0.15) is 0 Å².